The van der Waals surface area contributed by atoms with Gasteiger partial charge in [-0.1, -0.05) is 12.1 Å². The molecule has 4 heteroatoms. The molecule has 0 bridgehead atoms. The van der Waals surface area contributed by atoms with Gasteiger partial charge in [-0.3, -0.25) is 4.90 Å². The van der Waals surface area contributed by atoms with Crippen molar-refractivity contribution in [2.24, 2.45) is 0 Å². The molecule has 1 saturated heterocycles. The fourth-order valence-electron chi connectivity index (χ4n) is 2.47. The predicted octanol–water partition coefficient (Wildman–Crippen LogP) is 1.97. The van der Waals surface area contributed by atoms with E-state index in [0.717, 1.165) is 31.7 Å². The number of phenolic OH excluding ortho intramolecular Hbond substituents is 1. The van der Waals surface area contributed by atoms with Crippen LogP contribution in [-0.4, -0.2) is 36.2 Å². The van der Waals surface area contributed by atoms with Crippen LogP contribution in [0.3, 0.4) is 0 Å². The Balaban J connectivity index is 2.37. The molecule has 98 valence electrons. The van der Waals surface area contributed by atoms with Gasteiger partial charge in [-0.15, -0.1) is 6.58 Å². The van der Waals surface area contributed by atoms with Gasteiger partial charge in [0.25, 0.3) is 0 Å². The largest absolute Gasteiger partial charge is 0.505 e. The van der Waals surface area contributed by atoms with Crippen LogP contribution in [-0.2, 0) is 0 Å². The number of rotatable bonds is 3. The van der Waals surface area contributed by atoms with Gasteiger partial charge in [-0.25, -0.2) is 4.39 Å². The van der Waals surface area contributed by atoms with Gasteiger partial charge in [-0.05, 0) is 18.6 Å². The molecule has 1 aliphatic heterocycles. The number of benzene rings is 1. The Kier molecular flexibility index (Phi) is 3.99. The molecule has 0 aliphatic carbocycles. The maximum Gasteiger partial charge on any atom is 0.165 e. The van der Waals surface area contributed by atoms with Crippen molar-refractivity contribution in [3.05, 3.63) is 41.7 Å². The summed E-state index contributed by atoms with van der Waals surface area (Å²) >= 11 is 0. The maximum absolute atomic E-state index is 13.5. The summed E-state index contributed by atoms with van der Waals surface area (Å²) in [6.45, 7) is 9.25. The third-order valence-electron chi connectivity index (χ3n) is 3.45. The normalized spacial score (nSPS) is 18.6. The quantitative estimate of drug-likeness (QED) is 0.805. The minimum Gasteiger partial charge on any atom is -0.505 e. The standard InChI is InChI=1S/C14H19FN2O/c1-3-12(17-8-6-16-7-9-17)13-10(2)4-5-11(15)14(13)18/h3-5,12,16,18H,1,6-9H2,2H3/t12-/m0/s1. The van der Waals surface area contributed by atoms with E-state index in [1.165, 1.54) is 6.07 Å². The molecule has 0 aromatic heterocycles. The highest BCUT2D eigenvalue weighted by Gasteiger charge is 2.24. The summed E-state index contributed by atoms with van der Waals surface area (Å²) in [5.74, 6) is -0.823. The summed E-state index contributed by atoms with van der Waals surface area (Å²) in [6, 6.07) is 2.86. The van der Waals surface area contributed by atoms with E-state index in [0.29, 0.717) is 5.56 Å². The number of nitrogens with one attached hydrogen (secondary N) is 1. The number of nitrogens with zero attached hydrogens (tertiary/aromatic N) is 1. The van der Waals surface area contributed by atoms with E-state index in [4.69, 9.17) is 0 Å². The van der Waals surface area contributed by atoms with E-state index >= 15 is 0 Å². The topological polar surface area (TPSA) is 35.5 Å². The first-order valence-electron chi connectivity index (χ1n) is 6.20. The van der Waals surface area contributed by atoms with E-state index in [1.807, 2.05) is 6.92 Å². The van der Waals surface area contributed by atoms with Crippen LogP contribution in [0.25, 0.3) is 0 Å². The molecule has 1 fully saturated rings. The van der Waals surface area contributed by atoms with Crippen molar-refractivity contribution in [2.75, 3.05) is 26.2 Å². The van der Waals surface area contributed by atoms with Gasteiger partial charge in [0.05, 0.1) is 6.04 Å². The summed E-state index contributed by atoms with van der Waals surface area (Å²) in [5, 5.41) is 13.2. The van der Waals surface area contributed by atoms with E-state index in [2.05, 4.69) is 16.8 Å². The first-order valence-corrected chi connectivity index (χ1v) is 6.20. The van der Waals surface area contributed by atoms with Gasteiger partial charge in [0.2, 0.25) is 0 Å². The summed E-state index contributed by atoms with van der Waals surface area (Å²) in [6.07, 6.45) is 1.77. The molecule has 0 saturated carbocycles. The van der Waals surface area contributed by atoms with Gasteiger partial charge in [0.1, 0.15) is 0 Å². The average Bonchev–Trinajstić information content (AvgIpc) is 2.40. The highest BCUT2D eigenvalue weighted by molar-refractivity contribution is 5.43. The van der Waals surface area contributed by atoms with Gasteiger partial charge < -0.3 is 10.4 Å². The molecule has 1 aromatic carbocycles. The number of aryl methyl sites for hydroxylation is 1. The Morgan fingerprint density at radius 2 is 2.11 bits per heavy atom. The highest BCUT2D eigenvalue weighted by Crippen LogP contribution is 2.34. The number of halogens is 1. The molecule has 1 atom stereocenters. The lowest BCUT2D eigenvalue weighted by Gasteiger charge is -2.34. The SMILES string of the molecule is C=C[C@@H](c1c(C)ccc(F)c1O)N1CCNCC1. The van der Waals surface area contributed by atoms with E-state index in [-0.39, 0.29) is 11.8 Å². The minimum absolute atomic E-state index is 0.136. The van der Waals surface area contributed by atoms with Gasteiger partial charge >= 0.3 is 0 Å². The summed E-state index contributed by atoms with van der Waals surface area (Å²) in [5.41, 5.74) is 1.52. The molecule has 1 aliphatic rings. The summed E-state index contributed by atoms with van der Waals surface area (Å²) in [4.78, 5) is 2.20. The second kappa shape index (κ2) is 5.50. The lowest BCUT2D eigenvalue weighted by atomic mass is 9.98. The van der Waals surface area contributed by atoms with Crippen LogP contribution < -0.4 is 5.32 Å². The van der Waals surface area contributed by atoms with Crippen molar-refractivity contribution in [2.45, 2.75) is 13.0 Å². The van der Waals surface area contributed by atoms with Crippen molar-refractivity contribution in [3.8, 4) is 5.75 Å². The smallest absolute Gasteiger partial charge is 0.165 e. The Hall–Kier alpha value is -1.39. The third kappa shape index (κ3) is 2.40. The molecular formula is C14H19FN2O. The van der Waals surface area contributed by atoms with Crippen LogP contribution in [0, 0.1) is 12.7 Å². The Morgan fingerprint density at radius 1 is 1.44 bits per heavy atom. The Bertz CT molecular complexity index is 442. The van der Waals surface area contributed by atoms with Crippen LogP contribution >= 0.6 is 0 Å². The zero-order valence-electron chi connectivity index (χ0n) is 10.6. The summed E-state index contributed by atoms with van der Waals surface area (Å²) < 4.78 is 13.5. The number of aromatic hydroxyl groups is 1. The fourth-order valence-corrected chi connectivity index (χ4v) is 2.47. The minimum atomic E-state index is -0.572. The first kappa shape index (κ1) is 13.1. The average molecular weight is 250 g/mol. The van der Waals surface area contributed by atoms with E-state index in [1.54, 1.807) is 12.1 Å². The van der Waals surface area contributed by atoms with Crippen molar-refractivity contribution in [3.63, 3.8) is 0 Å². The molecular weight excluding hydrogens is 231 g/mol. The fraction of sp³-hybridized carbons (Fsp3) is 0.429. The highest BCUT2D eigenvalue weighted by atomic mass is 19.1. The van der Waals surface area contributed by atoms with Crippen molar-refractivity contribution in [1.29, 1.82) is 0 Å². The van der Waals surface area contributed by atoms with Gasteiger partial charge in [0.15, 0.2) is 11.6 Å². The maximum atomic E-state index is 13.5. The van der Waals surface area contributed by atoms with Crippen molar-refractivity contribution >= 4 is 0 Å². The lowest BCUT2D eigenvalue weighted by molar-refractivity contribution is 0.199. The van der Waals surface area contributed by atoms with Crippen LogP contribution in [0.5, 0.6) is 5.75 Å². The Morgan fingerprint density at radius 3 is 2.72 bits per heavy atom. The van der Waals surface area contributed by atoms with Crippen molar-refractivity contribution in [1.82, 2.24) is 10.2 Å². The second-order valence-electron chi connectivity index (χ2n) is 4.59. The zero-order chi connectivity index (χ0) is 13.1. The third-order valence-corrected chi connectivity index (χ3v) is 3.45. The Labute approximate surface area is 107 Å². The predicted molar refractivity (Wildman–Crippen MR) is 70.2 cm³/mol. The molecule has 1 heterocycles. The van der Waals surface area contributed by atoms with Crippen LogP contribution in [0.15, 0.2) is 24.8 Å². The van der Waals surface area contributed by atoms with Crippen LogP contribution in [0.4, 0.5) is 4.39 Å². The zero-order valence-corrected chi connectivity index (χ0v) is 10.6. The first-order chi connectivity index (χ1) is 8.65. The van der Waals surface area contributed by atoms with Crippen LogP contribution in [0.1, 0.15) is 17.2 Å². The molecule has 0 amide bonds. The molecule has 3 nitrogen and oxygen atoms in total. The molecule has 18 heavy (non-hydrogen) atoms. The van der Waals surface area contributed by atoms with Gasteiger partial charge in [0, 0.05) is 31.7 Å². The van der Waals surface area contributed by atoms with Crippen molar-refractivity contribution < 1.29 is 9.50 Å². The molecule has 0 unspecified atom stereocenters. The summed E-state index contributed by atoms with van der Waals surface area (Å²) in [7, 11) is 0. The van der Waals surface area contributed by atoms with Crippen LogP contribution in [0.2, 0.25) is 0 Å². The number of hydrogen-bond acceptors (Lipinski definition) is 3. The van der Waals surface area contributed by atoms with E-state index in [9.17, 15) is 9.50 Å². The lowest BCUT2D eigenvalue weighted by Crippen LogP contribution is -2.44. The molecule has 0 radical (unpaired) electrons. The molecule has 1 aromatic rings. The number of hydrogen-bond donors (Lipinski definition) is 2. The van der Waals surface area contributed by atoms with Gasteiger partial charge in [-0.2, -0.15) is 0 Å². The number of phenols is 1. The second-order valence-corrected chi connectivity index (χ2v) is 4.59. The molecule has 0 spiro atoms. The molecule has 2 N–H and O–H groups in total. The molecule has 2 rings (SSSR count). The number of piperazine rings is 1. The monoisotopic (exact) mass is 250 g/mol. The van der Waals surface area contributed by atoms with E-state index < -0.39 is 5.82 Å².